The van der Waals surface area contributed by atoms with Gasteiger partial charge in [0.25, 0.3) is 0 Å². The fourth-order valence-corrected chi connectivity index (χ4v) is 1.34. The van der Waals surface area contributed by atoms with Crippen molar-refractivity contribution in [1.29, 1.82) is 0 Å². The highest BCUT2D eigenvalue weighted by molar-refractivity contribution is 5.59. The maximum Gasteiger partial charge on any atom is 0.508 e. The molecule has 0 heterocycles. The standard InChI is InChI=1S/C13H26O3/c1-11(2)7-5-9-15-13(14)16-10-6-8-12(3)4/h11-12H,5-10H2,1-4H3. The Kier molecular flexibility index (Phi) is 9.06. The van der Waals surface area contributed by atoms with Gasteiger partial charge in [-0.05, 0) is 37.5 Å². The molecule has 0 aliphatic rings. The summed E-state index contributed by atoms with van der Waals surface area (Å²) in [6.07, 6.45) is 3.48. The van der Waals surface area contributed by atoms with E-state index in [2.05, 4.69) is 27.7 Å². The minimum atomic E-state index is -0.521. The highest BCUT2D eigenvalue weighted by atomic mass is 16.7. The molecule has 0 aromatic heterocycles. The van der Waals surface area contributed by atoms with E-state index in [1.54, 1.807) is 0 Å². The van der Waals surface area contributed by atoms with Crippen molar-refractivity contribution in [3.8, 4) is 0 Å². The van der Waals surface area contributed by atoms with Gasteiger partial charge >= 0.3 is 6.16 Å². The molecule has 0 saturated carbocycles. The van der Waals surface area contributed by atoms with Crippen molar-refractivity contribution in [2.24, 2.45) is 11.8 Å². The van der Waals surface area contributed by atoms with Crippen molar-refractivity contribution in [2.75, 3.05) is 13.2 Å². The minimum Gasteiger partial charge on any atom is -0.434 e. The third-order valence-corrected chi connectivity index (χ3v) is 2.29. The predicted octanol–water partition coefficient (Wildman–Crippen LogP) is 4.01. The molecule has 0 aromatic rings. The normalized spacial score (nSPS) is 10.9. The first-order valence-corrected chi connectivity index (χ1v) is 6.32. The first-order valence-electron chi connectivity index (χ1n) is 6.32. The van der Waals surface area contributed by atoms with Crippen molar-refractivity contribution < 1.29 is 14.3 Å². The number of rotatable bonds is 8. The first-order chi connectivity index (χ1) is 7.52. The topological polar surface area (TPSA) is 35.5 Å². The third-order valence-electron chi connectivity index (χ3n) is 2.29. The molecule has 3 nitrogen and oxygen atoms in total. The molecule has 0 radical (unpaired) electrons. The molecule has 0 saturated heterocycles. The maximum atomic E-state index is 11.1. The van der Waals surface area contributed by atoms with Gasteiger partial charge in [0, 0.05) is 0 Å². The lowest BCUT2D eigenvalue weighted by atomic mass is 10.1. The third kappa shape index (κ3) is 11.3. The second kappa shape index (κ2) is 9.49. The summed E-state index contributed by atoms with van der Waals surface area (Å²) >= 11 is 0. The highest BCUT2D eigenvalue weighted by Gasteiger charge is 2.04. The van der Waals surface area contributed by atoms with Crippen LogP contribution in [-0.4, -0.2) is 19.4 Å². The number of carbonyl (C=O) groups is 1. The molecule has 0 amide bonds. The molecular formula is C13H26O3. The van der Waals surface area contributed by atoms with Gasteiger partial charge in [0.2, 0.25) is 0 Å². The molecule has 0 N–H and O–H groups in total. The van der Waals surface area contributed by atoms with Crippen LogP contribution >= 0.6 is 0 Å². The van der Waals surface area contributed by atoms with Crippen LogP contribution in [0.25, 0.3) is 0 Å². The summed E-state index contributed by atoms with van der Waals surface area (Å²) in [7, 11) is 0. The van der Waals surface area contributed by atoms with E-state index in [0.717, 1.165) is 25.7 Å². The molecule has 96 valence electrons. The summed E-state index contributed by atoms with van der Waals surface area (Å²) in [6.45, 7) is 9.57. The quantitative estimate of drug-likeness (QED) is 0.467. The lowest BCUT2D eigenvalue weighted by molar-refractivity contribution is 0.0519. The fraction of sp³-hybridized carbons (Fsp3) is 0.923. The molecule has 0 spiro atoms. The fourth-order valence-electron chi connectivity index (χ4n) is 1.34. The SMILES string of the molecule is CC(C)CCCOC(=O)OCCCC(C)C. The molecule has 0 rings (SSSR count). The summed E-state index contributed by atoms with van der Waals surface area (Å²) in [4.78, 5) is 11.1. The average Bonchev–Trinajstić information content (AvgIpc) is 2.19. The van der Waals surface area contributed by atoms with Gasteiger partial charge in [0.1, 0.15) is 0 Å². The second-order valence-corrected chi connectivity index (χ2v) is 5.02. The van der Waals surface area contributed by atoms with Crippen molar-refractivity contribution >= 4 is 6.16 Å². The van der Waals surface area contributed by atoms with Gasteiger partial charge in [-0.3, -0.25) is 0 Å². The van der Waals surface area contributed by atoms with Crippen LogP contribution in [0.2, 0.25) is 0 Å². The zero-order valence-corrected chi connectivity index (χ0v) is 11.1. The van der Waals surface area contributed by atoms with E-state index >= 15 is 0 Å². The Balaban J connectivity index is 3.25. The summed E-state index contributed by atoms with van der Waals surface area (Å²) in [5, 5.41) is 0. The zero-order chi connectivity index (χ0) is 12.4. The van der Waals surface area contributed by atoms with Gasteiger partial charge in [0.05, 0.1) is 13.2 Å². The van der Waals surface area contributed by atoms with E-state index in [1.165, 1.54) is 0 Å². The molecule has 0 aliphatic carbocycles. The van der Waals surface area contributed by atoms with E-state index < -0.39 is 6.16 Å². The summed E-state index contributed by atoms with van der Waals surface area (Å²) in [5.41, 5.74) is 0. The zero-order valence-electron chi connectivity index (χ0n) is 11.1. The van der Waals surface area contributed by atoms with Crippen molar-refractivity contribution in [1.82, 2.24) is 0 Å². The van der Waals surface area contributed by atoms with Gasteiger partial charge in [0.15, 0.2) is 0 Å². The smallest absolute Gasteiger partial charge is 0.434 e. The summed E-state index contributed by atoms with van der Waals surface area (Å²) < 4.78 is 9.88. The maximum absolute atomic E-state index is 11.1. The van der Waals surface area contributed by atoms with Gasteiger partial charge in [-0.25, -0.2) is 4.79 Å². The number of hydrogen-bond donors (Lipinski definition) is 0. The molecule has 0 fully saturated rings. The molecule has 0 bridgehead atoms. The van der Waals surface area contributed by atoms with Crippen LogP contribution in [-0.2, 0) is 9.47 Å². The van der Waals surface area contributed by atoms with E-state index in [4.69, 9.17) is 9.47 Å². The van der Waals surface area contributed by atoms with Crippen LogP contribution in [0.5, 0.6) is 0 Å². The van der Waals surface area contributed by atoms with Crippen LogP contribution in [0, 0.1) is 11.8 Å². The molecule has 0 atom stereocenters. The largest absolute Gasteiger partial charge is 0.508 e. The van der Waals surface area contributed by atoms with Crippen LogP contribution in [0.4, 0.5) is 4.79 Å². The molecule has 0 aromatic carbocycles. The van der Waals surface area contributed by atoms with Crippen molar-refractivity contribution in [3.05, 3.63) is 0 Å². The van der Waals surface area contributed by atoms with Crippen LogP contribution in [0.3, 0.4) is 0 Å². The van der Waals surface area contributed by atoms with E-state index in [-0.39, 0.29) is 0 Å². The Labute approximate surface area is 99.5 Å². The molecule has 0 unspecified atom stereocenters. The Bertz CT molecular complexity index is 158. The van der Waals surface area contributed by atoms with Crippen molar-refractivity contribution in [2.45, 2.75) is 53.4 Å². The molecule has 0 aliphatic heterocycles. The Morgan fingerprint density at radius 2 is 1.25 bits per heavy atom. The highest BCUT2D eigenvalue weighted by Crippen LogP contribution is 2.05. The molecule has 16 heavy (non-hydrogen) atoms. The van der Waals surface area contributed by atoms with Gasteiger partial charge in [-0.2, -0.15) is 0 Å². The number of hydrogen-bond acceptors (Lipinski definition) is 3. The summed E-state index contributed by atoms with van der Waals surface area (Å²) in [5.74, 6) is 1.32. The molecule has 3 heteroatoms. The average molecular weight is 230 g/mol. The van der Waals surface area contributed by atoms with Gasteiger partial charge < -0.3 is 9.47 Å². The van der Waals surface area contributed by atoms with E-state index in [1.807, 2.05) is 0 Å². The van der Waals surface area contributed by atoms with Crippen LogP contribution in [0.15, 0.2) is 0 Å². The van der Waals surface area contributed by atoms with Crippen LogP contribution < -0.4 is 0 Å². The summed E-state index contributed by atoms with van der Waals surface area (Å²) in [6, 6.07) is 0. The van der Waals surface area contributed by atoms with Gasteiger partial charge in [-0.15, -0.1) is 0 Å². The first kappa shape index (κ1) is 15.3. The van der Waals surface area contributed by atoms with Crippen LogP contribution in [0.1, 0.15) is 53.4 Å². The number of ether oxygens (including phenoxy) is 2. The Morgan fingerprint density at radius 3 is 1.56 bits per heavy atom. The number of carbonyl (C=O) groups excluding carboxylic acids is 1. The monoisotopic (exact) mass is 230 g/mol. The van der Waals surface area contributed by atoms with E-state index in [9.17, 15) is 4.79 Å². The predicted molar refractivity (Wildman–Crippen MR) is 65.4 cm³/mol. The Hall–Kier alpha value is -0.730. The minimum absolute atomic E-state index is 0.473. The van der Waals surface area contributed by atoms with Gasteiger partial charge in [-0.1, -0.05) is 27.7 Å². The van der Waals surface area contributed by atoms with E-state index in [0.29, 0.717) is 25.0 Å². The molecular weight excluding hydrogens is 204 g/mol. The lowest BCUT2D eigenvalue weighted by Gasteiger charge is -2.08. The lowest BCUT2D eigenvalue weighted by Crippen LogP contribution is -2.10. The van der Waals surface area contributed by atoms with Crippen molar-refractivity contribution in [3.63, 3.8) is 0 Å². The second-order valence-electron chi connectivity index (χ2n) is 5.02. The Morgan fingerprint density at radius 1 is 0.875 bits per heavy atom.